The van der Waals surface area contributed by atoms with Crippen LogP contribution in [0.3, 0.4) is 0 Å². The van der Waals surface area contributed by atoms with Crippen LogP contribution in [0.5, 0.6) is 0 Å². The highest BCUT2D eigenvalue weighted by molar-refractivity contribution is 6.42. The Morgan fingerprint density at radius 3 is 2.29 bits per heavy atom. The zero-order valence-corrected chi connectivity index (χ0v) is 16.6. The van der Waals surface area contributed by atoms with Crippen LogP contribution < -0.4 is 0 Å². The normalized spacial score (nSPS) is 15.0. The number of hydrogen-bond donors (Lipinski definition) is 0. The Hall–Kier alpha value is -2.41. The quantitative estimate of drug-likeness (QED) is 0.653. The van der Waals surface area contributed by atoms with Crippen molar-refractivity contribution in [2.45, 2.75) is 6.54 Å². The molecule has 1 aliphatic heterocycles. The van der Waals surface area contributed by atoms with Gasteiger partial charge >= 0.3 is 0 Å². The molecule has 3 aromatic rings. The van der Waals surface area contributed by atoms with Crippen LogP contribution in [-0.2, 0) is 6.54 Å². The average Bonchev–Trinajstić information content (AvgIpc) is 3.26. The number of aromatic nitrogens is 3. The number of carbonyl (C=O) groups is 1. The number of nitrogens with zero attached hydrogens (tertiary/aromatic N) is 5. The molecule has 4 rings (SSSR count). The van der Waals surface area contributed by atoms with Crippen molar-refractivity contribution in [1.82, 2.24) is 24.6 Å². The van der Waals surface area contributed by atoms with E-state index in [1.807, 2.05) is 41.3 Å². The minimum atomic E-state index is 0.0516. The van der Waals surface area contributed by atoms with Gasteiger partial charge in [-0.2, -0.15) is 0 Å². The minimum Gasteiger partial charge on any atom is -0.336 e. The molecule has 6 nitrogen and oxygen atoms in total. The molecule has 28 heavy (non-hydrogen) atoms. The second-order valence-electron chi connectivity index (χ2n) is 6.70. The average molecular weight is 416 g/mol. The molecule has 0 saturated carbocycles. The van der Waals surface area contributed by atoms with Gasteiger partial charge in [0.15, 0.2) is 0 Å². The second-order valence-corrected chi connectivity index (χ2v) is 7.48. The third-order valence-electron chi connectivity index (χ3n) is 4.92. The Bertz CT molecular complexity index is 951. The van der Waals surface area contributed by atoms with Crippen molar-refractivity contribution in [3.05, 3.63) is 76.3 Å². The molecule has 0 radical (unpaired) electrons. The number of amides is 1. The maximum atomic E-state index is 12.8. The number of hydrogen-bond acceptors (Lipinski definition) is 4. The van der Waals surface area contributed by atoms with Gasteiger partial charge in [-0.25, -0.2) is 0 Å². The number of piperazine rings is 1. The molecule has 2 aromatic carbocycles. The molecule has 1 amide bonds. The van der Waals surface area contributed by atoms with E-state index < -0.39 is 0 Å². The van der Waals surface area contributed by atoms with E-state index in [0.717, 1.165) is 30.9 Å². The van der Waals surface area contributed by atoms with Gasteiger partial charge in [0.25, 0.3) is 5.91 Å². The summed E-state index contributed by atoms with van der Waals surface area (Å²) in [5.74, 6) is 0.0516. The van der Waals surface area contributed by atoms with Crippen molar-refractivity contribution in [2.75, 3.05) is 26.2 Å². The second kappa shape index (κ2) is 8.31. The van der Waals surface area contributed by atoms with Crippen LogP contribution in [0.1, 0.15) is 15.9 Å². The van der Waals surface area contributed by atoms with Crippen molar-refractivity contribution in [1.29, 1.82) is 0 Å². The summed E-state index contributed by atoms with van der Waals surface area (Å²) < 4.78 is 1.80. The molecule has 2 heterocycles. The molecule has 0 N–H and O–H groups in total. The van der Waals surface area contributed by atoms with Crippen molar-refractivity contribution < 1.29 is 4.79 Å². The number of rotatable bonds is 4. The van der Waals surface area contributed by atoms with Gasteiger partial charge in [0.05, 0.1) is 10.0 Å². The van der Waals surface area contributed by atoms with Crippen LogP contribution in [0.15, 0.2) is 55.1 Å². The van der Waals surface area contributed by atoms with E-state index in [4.69, 9.17) is 23.2 Å². The first-order valence-corrected chi connectivity index (χ1v) is 9.77. The molecule has 8 heteroatoms. The fourth-order valence-corrected chi connectivity index (χ4v) is 3.69. The van der Waals surface area contributed by atoms with E-state index >= 15 is 0 Å². The summed E-state index contributed by atoms with van der Waals surface area (Å²) in [6.45, 7) is 3.70. The first-order valence-electron chi connectivity index (χ1n) is 9.01. The molecule has 0 atom stereocenters. The highest BCUT2D eigenvalue weighted by atomic mass is 35.5. The first kappa shape index (κ1) is 18.9. The molecule has 0 aliphatic carbocycles. The van der Waals surface area contributed by atoms with E-state index in [2.05, 4.69) is 15.1 Å². The fraction of sp³-hybridized carbons (Fsp3) is 0.250. The summed E-state index contributed by atoms with van der Waals surface area (Å²) in [7, 11) is 0. The predicted octanol–water partition coefficient (Wildman–Crippen LogP) is 3.53. The maximum Gasteiger partial charge on any atom is 0.253 e. The van der Waals surface area contributed by atoms with Crippen molar-refractivity contribution in [2.24, 2.45) is 0 Å². The summed E-state index contributed by atoms with van der Waals surface area (Å²) in [5, 5.41) is 8.77. The first-order chi connectivity index (χ1) is 13.6. The predicted molar refractivity (Wildman–Crippen MR) is 109 cm³/mol. The Morgan fingerprint density at radius 2 is 1.61 bits per heavy atom. The van der Waals surface area contributed by atoms with E-state index in [0.29, 0.717) is 28.7 Å². The monoisotopic (exact) mass is 415 g/mol. The molecule has 0 unspecified atom stereocenters. The number of carbonyl (C=O) groups excluding carboxylic acids is 1. The molecule has 0 bridgehead atoms. The van der Waals surface area contributed by atoms with Crippen LogP contribution in [0.4, 0.5) is 0 Å². The van der Waals surface area contributed by atoms with Gasteiger partial charge in [-0.15, -0.1) is 10.2 Å². The lowest BCUT2D eigenvalue weighted by atomic mass is 10.1. The smallest absolute Gasteiger partial charge is 0.253 e. The van der Waals surface area contributed by atoms with Crippen LogP contribution >= 0.6 is 23.2 Å². The molecule has 1 fully saturated rings. The van der Waals surface area contributed by atoms with Crippen LogP contribution in [0.25, 0.3) is 5.69 Å². The van der Waals surface area contributed by atoms with E-state index in [1.54, 1.807) is 23.3 Å². The topological polar surface area (TPSA) is 54.3 Å². The van der Waals surface area contributed by atoms with Crippen LogP contribution in [-0.4, -0.2) is 56.7 Å². The maximum absolute atomic E-state index is 12.8. The molecule has 1 aromatic heterocycles. The van der Waals surface area contributed by atoms with Crippen molar-refractivity contribution in [3.8, 4) is 5.69 Å². The minimum absolute atomic E-state index is 0.0516. The van der Waals surface area contributed by atoms with Gasteiger partial charge in [0.1, 0.15) is 12.7 Å². The SMILES string of the molecule is O=C(c1ccc(-n2cnnc2)cc1)N1CCN(Cc2cccc(Cl)c2Cl)CC1. The standard InChI is InChI=1S/C20H19Cl2N5O/c21-18-3-1-2-16(19(18)22)12-25-8-10-26(11-9-25)20(28)15-4-6-17(7-5-15)27-13-23-24-14-27/h1-7,13-14H,8-12H2. The van der Waals surface area contributed by atoms with Gasteiger partial charge < -0.3 is 4.90 Å². The number of halogens is 2. The van der Waals surface area contributed by atoms with Gasteiger partial charge in [0.2, 0.25) is 0 Å². The van der Waals surface area contributed by atoms with Gasteiger partial charge in [-0.1, -0.05) is 35.3 Å². The third-order valence-corrected chi connectivity index (χ3v) is 5.77. The summed E-state index contributed by atoms with van der Waals surface area (Å²) >= 11 is 12.4. The molecule has 144 valence electrons. The Morgan fingerprint density at radius 1 is 0.929 bits per heavy atom. The fourth-order valence-electron chi connectivity index (χ4n) is 3.31. The molecule has 1 aliphatic rings. The Labute approximate surface area is 173 Å². The van der Waals surface area contributed by atoms with Gasteiger partial charge in [0, 0.05) is 44.0 Å². The summed E-state index contributed by atoms with van der Waals surface area (Å²) in [4.78, 5) is 17.0. The number of benzene rings is 2. The molecule has 1 saturated heterocycles. The van der Waals surface area contributed by atoms with E-state index in [9.17, 15) is 4.79 Å². The summed E-state index contributed by atoms with van der Waals surface area (Å²) in [5.41, 5.74) is 2.62. The van der Waals surface area contributed by atoms with Crippen molar-refractivity contribution >= 4 is 29.1 Å². The lowest BCUT2D eigenvalue weighted by molar-refractivity contribution is 0.0628. The summed E-state index contributed by atoms with van der Waals surface area (Å²) in [6, 6.07) is 13.2. The molecular weight excluding hydrogens is 397 g/mol. The molecular formula is C20H19Cl2N5O. The highest BCUT2D eigenvalue weighted by Crippen LogP contribution is 2.26. The van der Waals surface area contributed by atoms with E-state index in [1.165, 1.54) is 0 Å². The van der Waals surface area contributed by atoms with Crippen LogP contribution in [0.2, 0.25) is 10.0 Å². The molecule has 0 spiro atoms. The Balaban J connectivity index is 1.35. The summed E-state index contributed by atoms with van der Waals surface area (Å²) in [6.07, 6.45) is 3.25. The largest absolute Gasteiger partial charge is 0.336 e. The van der Waals surface area contributed by atoms with E-state index in [-0.39, 0.29) is 5.91 Å². The third kappa shape index (κ3) is 4.04. The Kier molecular flexibility index (Phi) is 5.62. The van der Waals surface area contributed by atoms with Crippen LogP contribution in [0, 0.1) is 0 Å². The van der Waals surface area contributed by atoms with Gasteiger partial charge in [-0.05, 0) is 35.9 Å². The van der Waals surface area contributed by atoms with Gasteiger partial charge in [-0.3, -0.25) is 14.3 Å². The zero-order valence-electron chi connectivity index (χ0n) is 15.1. The highest BCUT2D eigenvalue weighted by Gasteiger charge is 2.22. The lowest BCUT2D eigenvalue weighted by Crippen LogP contribution is -2.48. The lowest BCUT2D eigenvalue weighted by Gasteiger charge is -2.35. The van der Waals surface area contributed by atoms with Crippen molar-refractivity contribution in [3.63, 3.8) is 0 Å². The zero-order chi connectivity index (χ0) is 19.5.